The van der Waals surface area contributed by atoms with Gasteiger partial charge in [-0.1, -0.05) is 41.5 Å². The highest BCUT2D eigenvalue weighted by Crippen LogP contribution is 2.15. The summed E-state index contributed by atoms with van der Waals surface area (Å²) in [7, 11) is 0. The minimum absolute atomic E-state index is 0.102. The third kappa shape index (κ3) is 3.41. The summed E-state index contributed by atoms with van der Waals surface area (Å²) >= 11 is 0. The molecule has 0 rings (SSSR count). The van der Waals surface area contributed by atoms with Crippen molar-refractivity contribution in [1.82, 2.24) is 4.90 Å². The third-order valence-corrected chi connectivity index (χ3v) is 2.70. The fourth-order valence-electron chi connectivity index (χ4n) is 1.89. The van der Waals surface area contributed by atoms with Crippen molar-refractivity contribution in [2.45, 2.75) is 47.6 Å². The van der Waals surface area contributed by atoms with Gasteiger partial charge in [-0.15, -0.1) is 0 Å². The summed E-state index contributed by atoms with van der Waals surface area (Å²) in [5.41, 5.74) is 0. The molecule has 0 aliphatic rings. The highest BCUT2D eigenvalue weighted by Gasteiger charge is 2.28. The quantitative estimate of drug-likeness (QED) is 0.655. The van der Waals surface area contributed by atoms with Crippen molar-refractivity contribution in [2.75, 3.05) is 13.1 Å². The van der Waals surface area contributed by atoms with Gasteiger partial charge >= 0.3 is 0 Å². The molecule has 0 radical (unpaired) electrons. The Morgan fingerprint density at radius 1 is 1.07 bits per heavy atom. The topological polar surface area (TPSA) is 20.3 Å². The lowest BCUT2D eigenvalue weighted by Crippen LogP contribution is -2.46. The third-order valence-electron chi connectivity index (χ3n) is 2.70. The van der Waals surface area contributed by atoms with Crippen molar-refractivity contribution >= 4 is 5.78 Å². The molecular formula is C12H25NO. The zero-order valence-electron chi connectivity index (χ0n) is 10.5. The Morgan fingerprint density at radius 2 is 1.50 bits per heavy atom. The van der Waals surface area contributed by atoms with E-state index in [1.165, 1.54) is 0 Å². The average molecular weight is 199 g/mol. The van der Waals surface area contributed by atoms with Crippen LogP contribution in [0.2, 0.25) is 0 Å². The zero-order chi connectivity index (χ0) is 11.3. The first-order chi connectivity index (χ1) is 6.45. The van der Waals surface area contributed by atoms with E-state index in [9.17, 15) is 4.79 Å². The van der Waals surface area contributed by atoms with Crippen molar-refractivity contribution in [3.05, 3.63) is 0 Å². The standard InChI is InChI=1S/C12H25NO/c1-7-13(8-2)11(9(3)4)12(14)10(5)6/h9-11H,7-8H2,1-6H3. The van der Waals surface area contributed by atoms with Crippen LogP contribution in [-0.2, 0) is 4.79 Å². The normalized spacial score (nSPS) is 14.1. The van der Waals surface area contributed by atoms with Crippen LogP contribution < -0.4 is 0 Å². The second-order valence-electron chi connectivity index (χ2n) is 4.47. The number of carbonyl (C=O) groups excluding carboxylic acids is 1. The summed E-state index contributed by atoms with van der Waals surface area (Å²) in [6.07, 6.45) is 0. The molecule has 0 bridgehead atoms. The van der Waals surface area contributed by atoms with E-state index in [4.69, 9.17) is 0 Å². The summed E-state index contributed by atoms with van der Waals surface area (Å²) in [5, 5.41) is 0. The van der Waals surface area contributed by atoms with Crippen LogP contribution in [0.3, 0.4) is 0 Å². The lowest BCUT2D eigenvalue weighted by atomic mass is 9.91. The van der Waals surface area contributed by atoms with Crippen molar-refractivity contribution in [2.24, 2.45) is 11.8 Å². The SMILES string of the molecule is CCN(CC)C(C(=O)C(C)C)C(C)C. The van der Waals surface area contributed by atoms with E-state index >= 15 is 0 Å². The van der Waals surface area contributed by atoms with Crippen LogP contribution in [-0.4, -0.2) is 29.8 Å². The molecule has 1 unspecified atom stereocenters. The molecule has 0 aromatic heterocycles. The van der Waals surface area contributed by atoms with E-state index in [-0.39, 0.29) is 12.0 Å². The van der Waals surface area contributed by atoms with Gasteiger partial charge in [0.2, 0.25) is 0 Å². The number of likely N-dealkylation sites (N-methyl/N-ethyl adjacent to an activating group) is 1. The molecule has 1 atom stereocenters. The molecule has 2 nitrogen and oxygen atoms in total. The molecule has 0 aliphatic heterocycles. The monoisotopic (exact) mass is 199 g/mol. The molecule has 0 aromatic carbocycles. The summed E-state index contributed by atoms with van der Waals surface area (Å²) in [4.78, 5) is 14.3. The summed E-state index contributed by atoms with van der Waals surface area (Å²) in [6.45, 7) is 14.4. The number of nitrogens with zero attached hydrogens (tertiary/aromatic N) is 1. The molecule has 0 N–H and O–H groups in total. The number of ketones is 1. The van der Waals surface area contributed by atoms with E-state index in [1.54, 1.807) is 0 Å². The van der Waals surface area contributed by atoms with E-state index < -0.39 is 0 Å². The highest BCUT2D eigenvalue weighted by atomic mass is 16.1. The molecule has 0 spiro atoms. The maximum absolute atomic E-state index is 12.0. The second-order valence-corrected chi connectivity index (χ2v) is 4.47. The molecule has 0 aliphatic carbocycles. The van der Waals surface area contributed by atoms with Gasteiger partial charge in [0.25, 0.3) is 0 Å². The molecule has 0 amide bonds. The summed E-state index contributed by atoms with van der Waals surface area (Å²) in [6, 6.07) is 0.102. The van der Waals surface area contributed by atoms with Crippen LogP contribution in [0.25, 0.3) is 0 Å². The first-order valence-electron chi connectivity index (χ1n) is 5.73. The molecule has 0 saturated carbocycles. The number of carbonyl (C=O) groups is 1. The zero-order valence-corrected chi connectivity index (χ0v) is 10.5. The van der Waals surface area contributed by atoms with Crippen molar-refractivity contribution in [3.63, 3.8) is 0 Å². The Balaban J connectivity index is 4.66. The molecule has 14 heavy (non-hydrogen) atoms. The van der Waals surface area contributed by atoms with E-state index in [2.05, 4.69) is 32.6 Å². The van der Waals surface area contributed by atoms with Crippen LogP contribution in [0.5, 0.6) is 0 Å². The highest BCUT2D eigenvalue weighted by molar-refractivity contribution is 5.85. The maximum atomic E-state index is 12.0. The van der Waals surface area contributed by atoms with Crippen molar-refractivity contribution in [1.29, 1.82) is 0 Å². The first kappa shape index (κ1) is 13.6. The Bertz CT molecular complexity index is 171. The van der Waals surface area contributed by atoms with Gasteiger partial charge in [0.05, 0.1) is 6.04 Å². The largest absolute Gasteiger partial charge is 0.298 e. The van der Waals surface area contributed by atoms with Gasteiger partial charge in [-0.3, -0.25) is 9.69 Å². The fourth-order valence-corrected chi connectivity index (χ4v) is 1.89. The number of hydrogen-bond donors (Lipinski definition) is 0. The Labute approximate surface area is 88.7 Å². The van der Waals surface area contributed by atoms with Gasteiger partial charge in [-0.25, -0.2) is 0 Å². The smallest absolute Gasteiger partial charge is 0.152 e. The molecule has 84 valence electrons. The van der Waals surface area contributed by atoms with Crippen molar-refractivity contribution in [3.8, 4) is 0 Å². The second kappa shape index (κ2) is 6.18. The predicted molar refractivity (Wildman–Crippen MR) is 61.4 cm³/mol. The Morgan fingerprint density at radius 3 is 1.71 bits per heavy atom. The number of hydrogen-bond acceptors (Lipinski definition) is 2. The van der Waals surface area contributed by atoms with Gasteiger partial charge in [0.1, 0.15) is 0 Å². The minimum atomic E-state index is 0.102. The average Bonchev–Trinajstić information content (AvgIpc) is 2.12. The number of rotatable bonds is 6. The summed E-state index contributed by atoms with van der Waals surface area (Å²) in [5.74, 6) is 0.927. The van der Waals surface area contributed by atoms with Gasteiger partial charge in [0.15, 0.2) is 5.78 Å². The van der Waals surface area contributed by atoms with Gasteiger partial charge in [-0.05, 0) is 19.0 Å². The van der Waals surface area contributed by atoms with Gasteiger partial charge < -0.3 is 0 Å². The van der Waals surface area contributed by atoms with Crippen LogP contribution in [0, 0.1) is 11.8 Å². The van der Waals surface area contributed by atoms with Gasteiger partial charge in [-0.2, -0.15) is 0 Å². The minimum Gasteiger partial charge on any atom is -0.298 e. The Hall–Kier alpha value is -0.370. The van der Waals surface area contributed by atoms with E-state index in [0.29, 0.717) is 11.7 Å². The fraction of sp³-hybridized carbons (Fsp3) is 0.917. The summed E-state index contributed by atoms with van der Waals surface area (Å²) < 4.78 is 0. The van der Waals surface area contributed by atoms with Crippen molar-refractivity contribution < 1.29 is 4.79 Å². The Kier molecular flexibility index (Phi) is 6.01. The van der Waals surface area contributed by atoms with Crippen LogP contribution in [0.4, 0.5) is 0 Å². The molecule has 2 heteroatoms. The molecule has 0 fully saturated rings. The van der Waals surface area contributed by atoms with E-state index in [0.717, 1.165) is 13.1 Å². The molecule has 0 aromatic rings. The molecule has 0 heterocycles. The first-order valence-corrected chi connectivity index (χ1v) is 5.73. The van der Waals surface area contributed by atoms with Crippen LogP contribution in [0.15, 0.2) is 0 Å². The molecular weight excluding hydrogens is 174 g/mol. The predicted octanol–water partition coefficient (Wildman–Crippen LogP) is 2.58. The molecule has 0 saturated heterocycles. The maximum Gasteiger partial charge on any atom is 0.152 e. The van der Waals surface area contributed by atoms with Gasteiger partial charge in [0, 0.05) is 5.92 Å². The lowest BCUT2D eigenvalue weighted by molar-refractivity contribution is -0.128. The van der Waals surface area contributed by atoms with Crippen LogP contribution in [0.1, 0.15) is 41.5 Å². The van der Waals surface area contributed by atoms with E-state index in [1.807, 2.05) is 13.8 Å². The number of Topliss-reactive ketones (excluding diaryl/α,β-unsaturated/α-hetero) is 1. The lowest BCUT2D eigenvalue weighted by Gasteiger charge is -2.32. The van der Waals surface area contributed by atoms with Crippen LogP contribution >= 0.6 is 0 Å².